The van der Waals surface area contributed by atoms with E-state index in [1.54, 1.807) is 0 Å². The number of phosphoric acid groups is 1. The molecule has 1 rings (SSSR count). The normalized spacial score (nSPS) is 16.4. The fourth-order valence-corrected chi connectivity index (χ4v) is 0. The third-order valence-corrected chi connectivity index (χ3v) is 0.204. The number of epoxide rings is 1. The van der Waals surface area contributed by atoms with Gasteiger partial charge in [-0.15, -0.1) is 0 Å². The average Bonchev–Trinajstić information content (AvgIpc) is 1.95. The first-order valence-corrected chi connectivity index (χ1v) is 3.43. The van der Waals surface area contributed by atoms with Crippen LogP contribution >= 0.6 is 7.82 Å². The minimum atomic E-state index is -4.64. The van der Waals surface area contributed by atoms with E-state index < -0.39 is 7.82 Å². The SMILES string of the molecule is C1CO1.O=P(O)(O)O. The van der Waals surface area contributed by atoms with Crippen LogP contribution in [-0.2, 0) is 9.30 Å². The van der Waals surface area contributed by atoms with Crippen molar-refractivity contribution >= 4 is 7.82 Å². The molecule has 1 aliphatic rings. The maximum atomic E-state index is 8.88. The van der Waals surface area contributed by atoms with Crippen LogP contribution in [0.15, 0.2) is 0 Å². The van der Waals surface area contributed by atoms with Crippen molar-refractivity contribution in [1.82, 2.24) is 0 Å². The summed E-state index contributed by atoms with van der Waals surface area (Å²) in [5.41, 5.74) is 0. The molecule has 1 fully saturated rings. The van der Waals surface area contributed by atoms with E-state index in [2.05, 4.69) is 4.74 Å². The molecule has 0 amide bonds. The molecule has 5 nitrogen and oxygen atoms in total. The van der Waals surface area contributed by atoms with E-state index in [1.165, 1.54) is 0 Å². The molecule has 1 aliphatic heterocycles. The van der Waals surface area contributed by atoms with Gasteiger partial charge in [0.2, 0.25) is 0 Å². The monoisotopic (exact) mass is 142 g/mol. The van der Waals surface area contributed by atoms with Gasteiger partial charge in [0.15, 0.2) is 0 Å². The fourth-order valence-electron chi connectivity index (χ4n) is 0. The Kier molecular flexibility index (Phi) is 3.19. The van der Waals surface area contributed by atoms with Gasteiger partial charge in [0.1, 0.15) is 0 Å². The van der Waals surface area contributed by atoms with Crippen LogP contribution in [-0.4, -0.2) is 27.9 Å². The number of rotatable bonds is 0. The lowest BCUT2D eigenvalue weighted by Gasteiger charge is -1.82. The highest BCUT2D eigenvalue weighted by Crippen LogP contribution is 2.25. The molecule has 0 aromatic carbocycles. The molecule has 0 aromatic rings. The Hall–Kier alpha value is 0.0700. The average molecular weight is 142 g/mol. The molecule has 0 unspecified atom stereocenters. The number of ether oxygens (including phenoxy) is 1. The summed E-state index contributed by atoms with van der Waals surface area (Å²) in [5.74, 6) is 0. The first-order chi connectivity index (χ1) is 3.50. The second-order valence-corrected chi connectivity index (χ2v) is 2.15. The molecule has 0 aliphatic carbocycles. The lowest BCUT2D eigenvalue weighted by atomic mass is 11.0. The highest BCUT2D eigenvalue weighted by atomic mass is 31.2. The van der Waals surface area contributed by atoms with E-state index in [4.69, 9.17) is 19.2 Å². The molecule has 50 valence electrons. The molecule has 0 atom stereocenters. The molecule has 1 saturated heterocycles. The summed E-state index contributed by atoms with van der Waals surface area (Å²) in [6.07, 6.45) is 0. The summed E-state index contributed by atoms with van der Waals surface area (Å²) in [7, 11) is -4.64. The summed E-state index contributed by atoms with van der Waals surface area (Å²) in [5, 5.41) is 0. The van der Waals surface area contributed by atoms with Crippen molar-refractivity contribution in [3.8, 4) is 0 Å². The Morgan fingerprint density at radius 3 is 1.38 bits per heavy atom. The molecule has 0 spiro atoms. The van der Waals surface area contributed by atoms with Gasteiger partial charge in [-0.2, -0.15) is 0 Å². The van der Waals surface area contributed by atoms with Crippen molar-refractivity contribution in [3.05, 3.63) is 0 Å². The van der Waals surface area contributed by atoms with E-state index in [-0.39, 0.29) is 0 Å². The van der Waals surface area contributed by atoms with Gasteiger partial charge in [-0.25, -0.2) is 4.57 Å². The second-order valence-electron chi connectivity index (χ2n) is 1.13. The van der Waals surface area contributed by atoms with Gasteiger partial charge in [-0.1, -0.05) is 0 Å². The predicted molar refractivity (Wildman–Crippen MR) is 25.1 cm³/mol. The molecular weight excluding hydrogens is 135 g/mol. The van der Waals surface area contributed by atoms with Gasteiger partial charge >= 0.3 is 7.82 Å². The number of hydrogen-bond acceptors (Lipinski definition) is 2. The van der Waals surface area contributed by atoms with Crippen LogP contribution in [0, 0.1) is 0 Å². The first kappa shape index (κ1) is 8.07. The van der Waals surface area contributed by atoms with E-state index >= 15 is 0 Å². The largest absolute Gasteiger partial charge is 0.466 e. The van der Waals surface area contributed by atoms with Crippen LogP contribution in [0.1, 0.15) is 0 Å². The zero-order valence-electron chi connectivity index (χ0n) is 4.02. The van der Waals surface area contributed by atoms with Crippen molar-refractivity contribution < 1.29 is 24.0 Å². The van der Waals surface area contributed by atoms with Crippen LogP contribution in [0.5, 0.6) is 0 Å². The van der Waals surface area contributed by atoms with Crippen LogP contribution in [0.25, 0.3) is 0 Å². The van der Waals surface area contributed by atoms with Crippen LogP contribution < -0.4 is 0 Å². The zero-order valence-corrected chi connectivity index (χ0v) is 4.91. The quantitative estimate of drug-likeness (QED) is 0.301. The van der Waals surface area contributed by atoms with E-state index in [0.717, 1.165) is 13.2 Å². The smallest absolute Gasteiger partial charge is 0.377 e. The van der Waals surface area contributed by atoms with E-state index in [0.29, 0.717) is 0 Å². The lowest BCUT2D eigenvalue weighted by molar-refractivity contribution is 0.275. The highest BCUT2D eigenvalue weighted by molar-refractivity contribution is 7.45. The summed E-state index contributed by atoms with van der Waals surface area (Å²) < 4.78 is 13.4. The first-order valence-electron chi connectivity index (χ1n) is 1.86. The minimum absolute atomic E-state index is 1.00. The van der Waals surface area contributed by atoms with Gasteiger partial charge in [-0.05, 0) is 0 Å². The van der Waals surface area contributed by atoms with Crippen LogP contribution in [0.2, 0.25) is 0 Å². The maximum absolute atomic E-state index is 8.88. The van der Waals surface area contributed by atoms with Gasteiger partial charge in [0.25, 0.3) is 0 Å². The van der Waals surface area contributed by atoms with Gasteiger partial charge in [0.05, 0.1) is 13.2 Å². The Labute approximate surface area is 46.2 Å². The summed E-state index contributed by atoms with van der Waals surface area (Å²) in [6, 6.07) is 0. The van der Waals surface area contributed by atoms with E-state index in [9.17, 15) is 0 Å². The van der Waals surface area contributed by atoms with Crippen molar-refractivity contribution in [2.75, 3.05) is 13.2 Å². The predicted octanol–water partition coefficient (Wildman–Crippen LogP) is -0.912. The lowest BCUT2D eigenvalue weighted by Crippen LogP contribution is -1.66. The van der Waals surface area contributed by atoms with Gasteiger partial charge < -0.3 is 19.4 Å². The molecule has 1 heterocycles. The van der Waals surface area contributed by atoms with Crippen molar-refractivity contribution in [3.63, 3.8) is 0 Å². The third-order valence-electron chi connectivity index (χ3n) is 0.204. The molecule has 6 heteroatoms. The summed E-state index contributed by atoms with van der Waals surface area (Å²) >= 11 is 0. The van der Waals surface area contributed by atoms with Crippen molar-refractivity contribution in [2.24, 2.45) is 0 Å². The zero-order chi connectivity index (χ0) is 6.62. The highest BCUT2D eigenvalue weighted by Gasteiger charge is 2.00. The molecular formula is C2H7O5P. The molecule has 0 bridgehead atoms. The summed E-state index contributed by atoms with van der Waals surface area (Å²) in [4.78, 5) is 21.6. The maximum Gasteiger partial charge on any atom is 0.466 e. The topological polar surface area (TPSA) is 90.3 Å². The van der Waals surface area contributed by atoms with Gasteiger partial charge in [0, 0.05) is 0 Å². The Balaban J connectivity index is 0.000000135. The molecule has 8 heavy (non-hydrogen) atoms. The Morgan fingerprint density at radius 1 is 1.25 bits per heavy atom. The van der Waals surface area contributed by atoms with Gasteiger partial charge in [-0.3, -0.25) is 0 Å². The molecule has 0 aromatic heterocycles. The fraction of sp³-hybridized carbons (Fsp3) is 1.00. The summed E-state index contributed by atoms with van der Waals surface area (Å²) in [6.45, 7) is 2.00. The Bertz CT molecular complexity index is 81.6. The van der Waals surface area contributed by atoms with Crippen LogP contribution in [0.4, 0.5) is 0 Å². The molecule has 3 N–H and O–H groups in total. The standard InChI is InChI=1S/C2H4O.H3O4P/c1-2-3-1;1-5(2,3)4/h1-2H2;(H3,1,2,3,4). The van der Waals surface area contributed by atoms with Crippen molar-refractivity contribution in [2.45, 2.75) is 0 Å². The number of hydrogen-bond donors (Lipinski definition) is 3. The Morgan fingerprint density at radius 2 is 1.38 bits per heavy atom. The molecule has 0 radical (unpaired) electrons. The second kappa shape index (κ2) is 3.17. The third kappa shape index (κ3) is 136. The van der Waals surface area contributed by atoms with Crippen LogP contribution in [0.3, 0.4) is 0 Å². The van der Waals surface area contributed by atoms with Crippen molar-refractivity contribution in [1.29, 1.82) is 0 Å². The van der Waals surface area contributed by atoms with E-state index in [1.807, 2.05) is 0 Å². The molecule has 0 saturated carbocycles. The minimum Gasteiger partial charge on any atom is -0.377 e.